The van der Waals surface area contributed by atoms with E-state index in [0.29, 0.717) is 22.3 Å². The van der Waals surface area contributed by atoms with Gasteiger partial charge < -0.3 is 0 Å². The van der Waals surface area contributed by atoms with Crippen LogP contribution in [0.4, 0.5) is 0 Å². The summed E-state index contributed by atoms with van der Waals surface area (Å²) in [5.74, 6) is 0.00982. The van der Waals surface area contributed by atoms with Gasteiger partial charge in [0, 0.05) is 28.2 Å². The van der Waals surface area contributed by atoms with E-state index in [1.165, 1.54) is 0 Å². The standard InChI is InChI=1S/C18H12O2/c19-17-13-7-3-4-8-14(13)18(20)16-12-6-2-1-5-11(12)9-10-15(16)17/h1-5,7-10,12H,6H2. The third-order valence-corrected chi connectivity index (χ3v) is 4.19. The minimum Gasteiger partial charge on any atom is -0.289 e. The van der Waals surface area contributed by atoms with Crippen molar-refractivity contribution in [3.8, 4) is 0 Å². The van der Waals surface area contributed by atoms with E-state index in [9.17, 15) is 9.59 Å². The Kier molecular flexibility index (Phi) is 2.27. The molecule has 1 aromatic carbocycles. The number of benzene rings is 1. The minimum absolute atomic E-state index is 0.00532. The van der Waals surface area contributed by atoms with Crippen LogP contribution in [0.5, 0.6) is 0 Å². The molecule has 0 aromatic heterocycles. The van der Waals surface area contributed by atoms with Gasteiger partial charge in [0.15, 0.2) is 11.6 Å². The van der Waals surface area contributed by atoms with Crippen molar-refractivity contribution in [2.45, 2.75) is 6.42 Å². The highest BCUT2D eigenvalue weighted by Crippen LogP contribution is 2.40. The smallest absolute Gasteiger partial charge is 0.194 e. The molecule has 0 radical (unpaired) electrons. The average Bonchev–Trinajstić information content (AvgIpc) is 2.51. The maximum absolute atomic E-state index is 12.8. The number of carbonyl (C=O) groups is 2. The highest BCUT2D eigenvalue weighted by atomic mass is 16.1. The van der Waals surface area contributed by atoms with Crippen molar-refractivity contribution in [1.82, 2.24) is 0 Å². The summed E-state index contributed by atoms with van der Waals surface area (Å²) in [4.78, 5) is 25.3. The van der Waals surface area contributed by atoms with E-state index >= 15 is 0 Å². The van der Waals surface area contributed by atoms with Crippen LogP contribution in [0.25, 0.3) is 0 Å². The molecule has 96 valence electrons. The fraction of sp³-hybridized carbons (Fsp3) is 0.111. The summed E-state index contributed by atoms with van der Waals surface area (Å²) in [5, 5.41) is 0. The van der Waals surface area contributed by atoms with Crippen molar-refractivity contribution in [3.63, 3.8) is 0 Å². The lowest BCUT2D eigenvalue weighted by Gasteiger charge is -2.30. The lowest BCUT2D eigenvalue weighted by atomic mass is 9.71. The fourth-order valence-corrected chi connectivity index (χ4v) is 3.21. The zero-order valence-electron chi connectivity index (χ0n) is 10.8. The molecule has 2 nitrogen and oxygen atoms in total. The molecule has 4 rings (SSSR count). The van der Waals surface area contributed by atoms with Crippen LogP contribution in [0.3, 0.4) is 0 Å². The molecule has 0 heterocycles. The molecule has 0 saturated heterocycles. The first-order valence-corrected chi connectivity index (χ1v) is 6.75. The first kappa shape index (κ1) is 11.4. The van der Waals surface area contributed by atoms with E-state index in [2.05, 4.69) is 6.08 Å². The van der Waals surface area contributed by atoms with Crippen LogP contribution in [-0.4, -0.2) is 11.6 Å². The van der Waals surface area contributed by atoms with E-state index in [1.807, 2.05) is 24.3 Å². The highest BCUT2D eigenvalue weighted by molar-refractivity contribution is 6.28. The Morgan fingerprint density at radius 2 is 1.70 bits per heavy atom. The predicted molar refractivity (Wildman–Crippen MR) is 76.6 cm³/mol. The van der Waals surface area contributed by atoms with Gasteiger partial charge in [-0.1, -0.05) is 54.6 Å². The van der Waals surface area contributed by atoms with Crippen molar-refractivity contribution in [2.75, 3.05) is 0 Å². The summed E-state index contributed by atoms with van der Waals surface area (Å²) >= 11 is 0. The van der Waals surface area contributed by atoms with Crippen LogP contribution in [-0.2, 0) is 0 Å². The summed E-state index contributed by atoms with van der Waals surface area (Å²) in [5.41, 5.74) is 3.44. The van der Waals surface area contributed by atoms with Crippen LogP contribution >= 0.6 is 0 Å². The van der Waals surface area contributed by atoms with Gasteiger partial charge in [0.1, 0.15) is 0 Å². The molecular weight excluding hydrogens is 248 g/mol. The van der Waals surface area contributed by atoms with Crippen LogP contribution in [0.1, 0.15) is 27.1 Å². The Morgan fingerprint density at radius 3 is 2.50 bits per heavy atom. The van der Waals surface area contributed by atoms with Gasteiger partial charge in [-0.2, -0.15) is 0 Å². The number of Topliss-reactive ketones (excluding diaryl/α,β-unsaturated/α-hetero) is 2. The summed E-state index contributed by atoms with van der Waals surface area (Å²) < 4.78 is 0. The summed E-state index contributed by atoms with van der Waals surface area (Å²) in [7, 11) is 0. The minimum atomic E-state index is -0.0277. The quantitative estimate of drug-likeness (QED) is 0.716. The first-order valence-electron chi connectivity index (χ1n) is 6.75. The lowest BCUT2D eigenvalue weighted by molar-refractivity contribution is 0.0969. The summed E-state index contributed by atoms with van der Waals surface area (Å²) in [6, 6.07) is 7.10. The number of carbonyl (C=O) groups excluding carboxylic acids is 2. The van der Waals surface area contributed by atoms with E-state index in [-0.39, 0.29) is 17.5 Å². The Bertz CT molecular complexity index is 772. The van der Waals surface area contributed by atoms with Crippen molar-refractivity contribution < 1.29 is 9.59 Å². The molecule has 0 saturated carbocycles. The normalized spacial score (nSPS) is 23.2. The van der Waals surface area contributed by atoms with Gasteiger partial charge in [0.2, 0.25) is 0 Å². The summed E-state index contributed by atoms with van der Waals surface area (Å²) in [6.07, 6.45) is 10.6. The van der Waals surface area contributed by atoms with E-state index in [4.69, 9.17) is 0 Å². The maximum atomic E-state index is 12.8. The Morgan fingerprint density at radius 1 is 0.950 bits per heavy atom. The Balaban J connectivity index is 1.95. The zero-order chi connectivity index (χ0) is 13.7. The second-order valence-electron chi connectivity index (χ2n) is 5.25. The van der Waals surface area contributed by atoms with Gasteiger partial charge in [-0.15, -0.1) is 0 Å². The predicted octanol–water partition coefficient (Wildman–Crippen LogP) is 3.43. The third-order valence-electron chi connectivity index (χ3n) is 4.19. The van der Waals surface area contributed by atoms with Crippen LogP contribution in [0, 0.1) is 5.92 Å². The second kappa shape index (κ2) is 4.01. The average molecular weight is 260 g/mol. The molecule has 0 fully saturated rings. The van der Waals surface area contributed by atoms with Crippen molar-refractivity contribution in [3.05, 3.63) is 82.5 Å². The molecule has 1 unspecified atom stereocenters. The number of hydrogen-bond acceptors (Lipinski definition) is 2. The van der Waals surface area contributed by atoms with Crippen LogP contribution in [0.15, 0.2) is 71.4 Å². The van der Waals surface area contributed by atoms with Gasteiger partial charge >= 0.3 is 0 Å². The number of hydrogen-bond donors (Lipinski definition) is 0. The molecule has 2 heteroatoms. The second-order valence-corrected chi connectivity index (χ2v) is 5.25. The first-order chi connectivity index (χ1) is 9.77. The molecule has 1 atom stereocenters. The van der Waals surface area contributed by atoms with E-state index in [1.54, 1.807) is 24.3 Å². The number of ketones is 2. The topological polar surface area (TPSA) is 34.1 Å². The molecule has 20 heavy (non-hydrogen) atoms. The molecule has 0 spiro atoms. The van der Waals surface area contributed by atoms with E-state index < -0.39 is 0 Å². The van der Waals surface area contributed by atoms with Gasteiger partial charge in [-0.05, 0) is 12.0 Å². The van der Waals surface area contributed by atoms with Crippen LogP contribution < -0.4 is 0 Å². The Hall–Kier alpha value is -2.48. The largest absolute Gasteiger partial charge is 0.289 e. The molecule has 0 bridgehead atoms. The fourth-order valence-electron chi connectivity index (χ4n) is 3.21. The molecule has 0 N–H and O–H groups in total. The van der Waals surface area contributed by atoms with Gasteiger partial charge in [0.05, 0.1) is 0 Å². The maximum Gasteiger partial charge on any atom is 0.194 e. The zero-order valence-corrected chi connectivity index (χ0v) is 10.8. The molecule has 1 aromatic rings. The highest BCUT2D eigenvalue weighted by Gasteiger charge is 2.37. The van der Waals surface area contributed by atoms with Crippen molar-refractivity contribution >= 4 is 11.6 Å². The number of allylic oxidation sites excluding steroid dienone is 8. The lowest BCUT2D eigenvalue weighted by Crippen LogP contribution is -2.28. The molecule has 3 aliphatic rings. The van der Waals surface area contributed by atoms with Gasteiger partial charge in [0.25, 0.3) is 0 Å². The molecule has 0 aliphatic heterocycles. The van der Waals surface area contributed by atoms with Crippen molar-refractivity contribution in [2.24, 2.45) is 5.92 Å². The van der Waals surface area contributed by atoms with Crippen LogP contribution in [0.2, 0.25) is 0 Å². The Labute approximate surface area is 116 Å². The molecular formula is C18H12O2. The van der Waals surface area contributed by atoms with Gasteiger partial charge in [-0.3, -0.25) is 9.59 Å². The molecule has 0 amide bonds. The van der Waals surface area contributed by atoms with E-state index in [0.717, 1.165) is 12.0 Å². The SMILES string of the molecule is O=C1C2=C(C(=O)c3ccccc31)C1CC=CC=C1C=C2. The third kappa shape index (κ3) is 1.39. The van der Waals surface area contributed by atoms with Crippen molar-refractivity contribution in [1.29, 1.82) is 0 Å². The number of fused-ring (bicyclic) bond motifs is 3. The number of rotatable bonds is 0. The monoisotopic (exact) mass is 260 g/mol. The van der Waals surface area contributed by atoms with Gasteiger partial charge in [-0.25, -0.2) is 0 Å². The molecule has 3 aliphatic carbocycles. The summed E-state index contributed by atoms with van der Waals surface area (Å²) in [6.45, 7) is 0.